The van der Waals surface area contributed by atoms with Crippen LogP contribution >= 0.6 is 11.6 Å². The van der Waals surface area contributed by atoms with E-state index < -0.39 is 34.3 Å². The van der Waals surface area contributed by atoms with E-state index in [9.17, 15) is 22.4 Å². The lowest BCUT2D eigenvalue weighted by atomic mass is 10.1. The van der Waals surface area contributed by atoms with Crippen molar-refractivity contribution >= 4 is 39.1 Å². The fraction of sp³-hybridized carbons (Fsp3) is 0.333. The molecule has 11 heteroatoms. The molecule has 41 heavy (non-hydrogen) atoms. The molecule has 1 atom stereocenters. The Morgan fingerprint density at radius 1 is 1.00 bits per heavy atom. The smallest absolute Gasteiger partial charge is 0.264 e. The van der Waals surface area contributed by atoms with E-state index in [2.05, 4.69) is 5.32 Å². The Morgan fingerprint density at radius 3 is 2.24 bits per heavy atom. The van der Waals surface area contributed by atoms with E-state index in [1.54, 1.807) is 31.2 Å². The molecule has 0 saturated carbocycles. The van der Waals surface area contributed by atoms with E-state index in [1.165, 1.54) is 41.3 Å². The third-order valence-corrected chi connectivity index (χ3v) is 8.23. The Labute approximate surface area is 246 Å². The van der Waals surface area contributed by atoms with Crippen LogP contribution in [0.5, 0.6) is 5.75 Å². The van der Waals surface area contributed by atoms with Crippen LogP contribution in [0.15, 0.2) is 77.7 Å². The molecule has 0 spiro atoms. The highest BCUT2D eigenvalue weighted by Gasteiger charge is 2.32. The number of nitrogens with one attached hydrogen (secondary N) is 1. The fourth-order valence-corrected chi connectivity index (χ4v) is 5.63. The lowest BCUT2D eigenvalue weighted by Gasteiger charge is -2.32. The molecule has 0 heterocycles. The first-order valence-corrected chi connectivity index (χ1v) is 15.1. The van der Waals surface area contributed by atoms with Gasteiger partial charge in [-0.2, -0.15) is 0 Å². The van der Waals surface area contributed by atoms with Gasteiger partial charge < -0.3 is 15.0 Å². The van der Waals surface area contributed by atoms with E-state index in [0.717, 1.165) is 16.4 Å². The Balaban J connectivity index is 2.00. The van der Waals surface area contributed by atoms with E-state index in [4.69, 9.17) is 16.3 Å². The first-order chi connectivity index (χ1) is 19.4. The van der Waals surface area contributed by atoms with Gasteiger partial charge in [-0.1, -0.05) is 37.6 Å². The summed E-state index contributed by atoms with van der Waals surface area (Å²) < 4.78 is 47.8. The van der Waals surface area contributed by atoms with Crippen LogP contribution < -0.4 is 14.4 Å². The Bertz CT molecular complexity index is 1430. The third-order valence-electron chi connectivity index (χ3n) is 6.21. The number of halogens is 2. The summed E-state index contributed by atoms with van der Waals surface area (Å²) in [5.74, 6) is -0.884. The molecule has 220 valence electrons. The molecular formula is C30H35ClFN3O5S. The Kier molecular flexibility index (Phi) is 11.1. The number of hydrogen-bond donors (Lipinski definition) is 1. The predicted molar refractivity (Wildman–Crippen MR) is 158 cm³/mol. The van der Waals surface area contributed by atoms with Crippen LogP contribution in [0.4, 0.5) is 10.1 Å². The molecule has 0 radical (unpaired) electrons. The van der Waals surface area contributed by atoms with Gasteiger partial charge in [0.1, 0.15) is 24.2 Å². The maximum atomic E-state index is 13.9. The van der Waals surface area contributed by atoms with Crippen LogP contribution in [-0.2, 0) is 26.2 Å². The molecule has 0 aliphatic carbocycles. The summed E-state index contributed by atoms with van der Waals surface area (Å²) in [6, 6.07) is 16.5. The van der Waals surface area contributed by atoms with Crippen molar-refractivity contribution in [3.8, 4) is 5.75 Å². The quantitative estimate of drug-likeness (QED) is 0.287. The van der Waals surface area contributed by atoms with Crippen molar-refractivity contribution in [2.45, 2.75) is 45.2 Å². The van der Waals surface area contributed by atoms with E-state index in [1.807, 2.05) is 20.8 Å². The lowest BCUT2D eigenvalue weighted by molar-refractivity contribution is -0.139. The molecule has 0 aromatic heterocycles. The van der Waals surface area contributed by atoms with Gasteiger partial charge >= 0.3 is 0 Å². The predicted octanol–water partition coefficient (Wildman–Crippen LogP) is 5.26. The summed E-state index contributed by atoms with van der Waals surface area (Å²) in [6.07, 6.45) is 0. The minimum absolute atomic E-state index is 0.00994. The van der Waals surface area contributed by atoms with Gasteiger partial charge in [0.2, 0.25) is 11.8 Å². The second kappa shape index (κ2) is 14.3. The van der Waals surface area contributed by atoms with Crippen molar-refractivity contribution in [2.24, 2.45) is 5.92 Å². The van der Waals surface area contributed by atoms with Gasteiger partial charge in [0, 0.05) is 18.1 Å². The van der Waals surface area contributed by atoms with E-state index >= 15 is 0 Å². The number of benzene rings is 3. The fourth-order valence-electron chi connectivity index (χ4n) is 4.00. The zero-order valence-electron chi connectivity index (χ0n) is 23.5. The molecule has 8 nitrogen and oxygen atoms in total. The number of anilines is 1. The van der Waals surface area contributed by atoms with Crippen molar-refractivity contribution < 1.29 is 27.1 Å². The number of sulfonamides is 1. The van der Waals surface area contributed by atoms with Gasteiger partial charge in [-0.3, -0.25) is 13.9 Å². The average molecular weight is 604 g/mol. The number of carbonyl (C=O) groups excluding carboxylic acids is 2. The van der Waals surface area contributed by atoms with E-state index in [-0.39, 0.29) is 29.0 Å². The number of amides is 2. The molecule has 0 aliphatic rings. The summed E-state index contributed by atoms with van der Waals surface area (Å²) in [5, 5.41) is 3.29. The first kappa shape index (κ1) is 31.9. The zero-order chi connectivity index (χ0) is 30.2. The molecule has 0 unspecified atom stereocenters. The van der Waals surface area contributed by atoms with Crippen molar-refractivity contribution in [2.75, 3.05) is 24.0 Å². The summed E-state index contributed by atoms with van der Waals surface area (Å²) in [5.41, 5.74) is 0.755. The number of rotatable bonds is 13. The van der Waals surface area contributed by atoms with Crippen molar-refractivity contribution in [1.82, 2.24) is 10.2 Å². The maximum Gasteiger partial charge on any atom is 0.264 e. The number of hydrogen-bond acceptors (Lipinski definition) is 5. The normalized spacial score (nSPS) is 12.1. The van der Waals surface area contributed by atoms with Crippen molar-refractivity contribution in [3.05, 3.63) is 89.2 Å². The Morgan fingerprint density at radius 2 is 1.66 bits per heavy atom. The molecule has 3 rings (SSSR count). The zero-order valence-corrected chi connectivity index (χ0v) is 25.1. The van der Waals surface area contributed by atoms with Gasteiger partial charge in [-0.05, 0) is 86.0 Å². The van der Waals surface area contributed by atoms with Gasteiger partial charge in [0.25, 0.3) is 10.0 Å². The van der Waals surface area contributed by atoms with Crippen molar-refractivity contribution in [3.63, 3.8) is 0 Å². The highest BCUT2D eigenvalue weighted by molar-refractivity contribution is 7.92. The van der Waals surface area contributed by atoms with Gasteiger partial charge in [-0.15, -0.1) is 0 Å². The highest BCUT2D eigenvalue weighted by Crippen LogP contribution is 2.26. The van der Waals surface area contributed by atoms with Gasteiger partial charge in [-0.25, -0.2) is 12.8 Å². The second-order valence-electron chi connectivity index (χ2n) is 9.86. The van der Waals surface area contributed by atoms with Crippen LogP contribution in [0, 0.1) is 11.7 Å². The van der Waals surface area contributed by atoms with Gasteiger partial charge in [0.15, 0.2) is 0 Å². The first-order valence-electron chi connectivity index (χ1n) is 13.2. The molecule has 0 aliphatic heterocycles. The van der Waals surface area contributed by atoms with Crippen molar-refractivity contribution in [1.29, 1.82) is 0 Å². The van der Waals surface area contributed by atoms with Crippen LogP contribution in [0.25, 0.3) is 0 Å². The third kappa shape index (κ3) is 8.68. The number of carbonyl (C=O) groups is 2. The minimum Gasteiger partial charge on any atom is -0.494 e. The largest absolute Gasteiger partial charge is 0.494 e. The number of nitrogens with zero attached hydrogens (tertiary/aromatic N) is 2. The van der Waals surface area contributed by atoms with Crippen LogP contribution in [0.1, 0.15) is 33.3 Å². The van der Waals surface area contributed by atoms with Crippen LogP contribution in [0.2, 0.25) is 5.02 Å². The van der Waals surface area contributed by atoms with Crippen LogP contribution in [0.3, 0.4) is 0 Å². The summed E-state index contributed by atoms with van der Waals surface area (Å²) >= 11 is 6.16. The summed E-state index contributed by atoms with van der Waals surface area (Å²) in [6.45, 7) is 7.49. The molecule has 0 bridgehead atoms. The summed E-state index contributed by atoms with van der Waals surface area (Å²) in [4.78, 5) is 28.2. The monoisotopic (exact) mass is 603 g/mol. The van der Waals surface area contributed by atoms with Gasteiger partial charge in [0.05, 0.1) is 17.2 Å². The molecule has 2 amide bonds. The SMILES string of the molecule is CCOc1ccc(S(=O)(=O)N(CC(=O)N(Cc2cccc(Cl)c2)[C@H](C)C(=O)NCC(C)C)c2ccc(F)cc2)cc1. The number of ether oxygens (including phenoxy) is 1. The minimum atomic E-state index is -4.29. The average Bonchev–Trinajstić information content (AvgIpc) is 2.94. The molecule has 1 N–H and O–H groups in total. The topological polar surface area (TPSA) is 96.0 Å². The summed E-state index contributed by atoms with van der Waals surface area (Å²) in [7, 11) is -4.29. The maximum absolute atomic E-state index is 13.9. The second-order valence-corrected chi connectivity index (χ2v) is 12.2. The molecule has 0 fully saturated rings. The van der Waals surface area contributed by atoms with E-state index in [0.29, 0.717) is 29.5 Å². The van der Waals surface area contributed by atoms with Crippen LogP contribution in [-0.4, -0.2) is 50.9 Å². The molecule has 3 aromatic rings. The lowest BCUT2D eigenvalue weighted by Crippen LogP contribution is -2.51. The molecule has 3 aromatic carbocycles. The molecular weight excluding hydrogens is 569 g/mol. The molecule has 0 saturated heterocycles. The standard InChI is InChI=1S/C30H35ClFN3O5S/c1-5-40-27-13-15-28(16-14-27)41(38,39)35(26-11-9-25(32)10-12-26)20-29(36)34(19-23-7-6-8-24(31)17-23)22(4)30(37)33-18-21(2)3/h6-17,21-22H,5,18-20H2,1-4H3,(H,33,37)/t22-/m1/s1. The highest BCUT2D eigenvalue weighted by atomic mass is 35.5. The Hall–Kier alpha value is -3.63.